The number of hydrogen-bond acceptors (Lipinski definition) is 5. The second kappa shape index (κ2) is 6.05. The Bertz CT molecular complexity index is 928. The van der Waals surface area contributed by atoms with Crippen molar-refractivity contribution in [2.24, 2.45) is 5.10 Å². The minimum Gasteiger partial charge on any atom is -0.326 e. The molecule has 2 N–H and O–H groups in total. The standard InChI is InChI=1S/C18H16N4OS/c1-11(12-6-8-14-13(10-12)7-9-17(23)19-14)21-22-18-20-15-4-2-3-5-16(15)24-18/h2-6,8,10H,7,9H2,1H3,(H,19,23)(H,20,22). The molecule has 0 bridgehead atoms. The van der Waals surface area contributed by atoms with Gasteiger partial charge >= 0.3 is 0 Å². The first-order valence-electron chi connectivity index (χ1n) is 7.78. The third kappa shape index (κ3) is 2.88. The molecule has 2 aromatic carbocycles. The molecule has 1 aromatic heterocycles. The van der Waals surface area contributed by atoms with Crippen molar-refractivity contribution in [3.8, 4) is 0 Å². The fraction of sp³-hybridized carbons (Fsp3) is 0.167. The summed E-state index contributed by atoms with van der Waals surface area (Å²) in [6.07, 6.45) is 1.31. The minimum absolute atomic E-state index is 0.0816. The topological polar surface area (TPSA) is 66.4 Å². The van der Waals surface area contributed by atoms with Gasteiger partial charge in [0.2, 0.25) is 11.0 Å². The molecule has 0 spiro atoms. The average Bonchev–Trinajstić information content (AvgIpc) is 3.02. The summed E-state index contributed by atoms with van der Waals surface area (Å²) in [5.41, 5.74) is 8.00. The number of fused-ring (bicyclic) bond motifs is 2. The quantitative estimate of drug-likeness (QED) is 0.561. The maximum Gasteiger partial charge on any atom is 0.224 e. The number of para-hydroxylation sites is 1. The molecular weight excluding hydrogens is 320 g/mol. The molecule has 24 heavy (non-hydrogen) atoms. The number of thiazole rings is 1. The van der Waals surface area contributed by atoms with E-state index in [2.05, 4.69) is 26.9 Å². The highest BCUT2D eigenvalue weighted by Gasteiger charge is 2.15. The monoisotopic (exact) mass is 336 g/mol. The Labute approximate surface area is 143 Å². The Morgan fingerprint density at radius 1 is 1.25 bits per heavy atom. The first kappa shape index (κ1) is 14.8. The largest absolute Gasteiger partial charge is 0.326 e. The maximum atomic E-state index is 11.4. The molecule has 120 valence electrons. The predicted molar refractivity (Wildman–Crippen MR) is 98.8 cm³/mol. The van der Waals surface area contributed by atoms with Crippen LogP contribution in [-0.4, -0.2) is 16.6 Å². The Kier molecular flexibility index (Phi) is 3.74. The minimum atomic E-state index is 0.0816. The number of carbonyl (C=O) groups is 1. The van der Waals surface area contributed by atoms with Gasteiger partial charge in [0, 0.05) is 12.1 Å². The van der Waals surface area contributed by atoms with Crippen LogP contribution < -0.4 is 10.7 Å². The average molecular weight is 336 g/mol. The lowest BCUT2D eigenvalue weighted by Crippen LogP contribution is -2.19. The van der Waals surface area contributed by atoms with E-state index in [4.69, 9.17) is 0 Å². The van der Waals surface area contributed by atoms with Crippen molar-refractivity contribution in [1.29, 1.82) is 0 Å². The summed E-state index contributed by atoms with van der Waals surface area (Å²) < 4.78 is 1.14. The highest BCUT2D eigenvalue weighted by atomic mass is 32.1. The summed E-state index contributed by atoms with van der Waals surface area (Å²) in [6, 6.07) is 14.0. The molecule has 2 heterocycles. The van der Waals surface area contributed by atoms with Gasteiger partial charge in [0.25, 0.3) is 0 Å². The summed E-state index contributed by atoms with van der Waals surface area (Å²) >= 11 is 1.58. The number of hydrazone groups is 1. The van der Waals surface area contributed by atoms with Crippen molar-refractivity contribution in [3.05, 3.63) is 53.6 Å². The number of anilines is 2. The van der Waals surface area contributed by atoms with Gasteiger partial charge in [-0.2, -0.15) is 5.10 Å². The number of hydrogen-bond donors (Lipinski definition) is 2. The van der Waals surface area contributed by atoms with Crippen LogP contribution in [0.1, 0.15) is 24.5 Å². The van der Waals surface area contributed by atoms with Crippen molar-refractivity contribution in [2.75, 3.05) is 10.7 Å². The fourth-order valence-corrected chi connectivity index (χ4v) is 3.53. The lowest BCUT2D eigenvalue weighted by atomic mass is 9.99. The first-order chi connectivity index (χ1) is 11.7. The van der Waals surface area contributed by atoms with Gasteiger partial charge < -0.3 is 5.32 Å². The van der Waals surface area contributed by atoms with Crippen LogP contribution in [0.4, 0.5) is 10.8 Å². The lowest BCUT2D eigenvalue weighted by Gasteiger charge is -2.17. The molecular formula is C18H16N4OS. The van der Waals surface area contributed by atoms with Gasteiger partial charge in [0.05, 0.1) is 15.9 Å². The van der Waals surface area contributed by atoms with E-state index >= 15 is 0 Å². The maximum absolute atomic E-state index is 11.4. The van der Waals surface area contributed by atoms with Gasteiger partial charge in [-0.1, -0.05) is 29.5 Å². The van der Waals surface area contributed by atoms with Crippen molar-refractivity contribution < 1.29 is 4.79 Å². The molecule has 0 aliphatic carbocycles. The molecule has 5 nitrogen and oxygen atoms in total. The van der Waals surface area contributed by atoms with E-state index in [1.165, 1.54) is 0 Å². The molecule has 0 saturated heterocycles. The zero-order valence-corrected chi connectivity index (χ0v) is 14.0. The first-order valence-corrected chi connectivity index (χ1v) is 8.60. The van der Waals surface area contributed by atoms with Crippen molar-refractivity contribution in [3.63, 3.8) is 0 Å². The molecule has 1 aliphatic rings. The van der Waals surface area contributed by atoms with E-state index in [1.54, 1.807) is 11.3 Å². The van der Waals surface area contributed by atoms with E-state index in [1.807, 2.05) is 43.3 Å². The van der Waals surface area contributed by atoms with E-state index < -0.39 is 0 Å². The summed E-state index contributed by atoms with van der Waals surface area (Å²) in [7, 11) is 0. The number of aryl methyl sites for hydroxylation is 1. The van der Waals surface area contributed by atoms with Gasteiger partial charge in [-0.15, -0.1) is 0 Å². The molecule has 3 aromatic rings. The molecule has 0 saturated carbocycles. The van der Waals surface area contributed by atoms with Crippen molar-refractivity contribution in [1.82, 2.24) is 4.98 Å². The number of aromatic nitrogens is 1. The smallest absolute Gasteiger partial charge is 0.224 e. The van der Waals surface area contributed by atoms with Gasteiger partial charge in [0.15, 0.2) is 0 Å². The van der Waals surface area contributed by atoms with Crippen LogP contribution in [0.15, 0.2) is 47.6 Å². The van der Waals surface area contributed by atoms with Crippen LogP contribution in [0.25, 0.3) is 10.2 Å². The normalized spacial score (nSPS) is 14.4. The number of amides is 1. The summed E-state index contributed by atoms with van der Waals surface area (Å²) in [5, 5.41) is 8.13. The van der Waals surface area contributed by atoms with Gasteiger partial charge in [0.1, 0.15) is 0 Å². The molecule has 0 unspecified atom stereocenters. The Morgan fingerprint density at radius 2 is 2.12 bits per heavy atom. The van der Waals surface area contributed by atoms with Gasteiger partial charge in [-0.3, -0.25) is 10.2 Å². The highest BCUT2D eigenvalue weighted by molar-refractivity contribution is 7.22. The number of carbonyl (C=O) groups excluding carboxylic acids is 1. The van der Waals surface area contributed by atoms with Crippen LogP contribution in [0.3, 0.4) is 0 Å². The van der Waals surface area contributed by atoms with E-state index in [0.717, 1.165) is 44.3 Å². The van der Waals surface area contributed by atoms with Gasteiger partial charge in [-0.25, -0.2) is 4.98 Å². The van der Waals surface area contributed by atoms with Crippen molar-refractivity contribution >= 4 is 44.0 Å². The number of nitrogens with zero attached hydrogens (tertiary/aromatic N) is 2. The summed E-state index contributed by atoms with van der Waals surface area (Å²) in [4.78, 5) is 15.9. The molecule has 1 aliphatic heterocycles. The molecule has 0 atom stereocenters. The highest BCUT2D eigenvalue weighted by Crippen LogP contribution is 2.26. The summed E-state index contributed by atoms with van der Waals surface area (Å²) in [6.45, 7) is 1.96. The molecule has 4 rings (SSSR count). The predicted octanol–water partition coefficient (Wildman–Crippen LogP) is 4.02. The van der Waals surface area contributed by atoms with Crippen LogP contribution in [0.2, 0.25) is 0 Å². The Morgan fingerprint density at radius 3 is 3.00 bits per heavy atom. The lowest BCUT2D eigenvalue weighted by molar-refractivity contribution is -0.116. The van der Waals surface area contributed by atoms with Crippen molar-refractivity contribution in [2.45, 2.75) is 19.8 Å². The molecule has 6 heteroatoms. The molecule has 1 amide bonds. The van der Waals surface area contributed by atoms with E-state index in [0.29, 0.717) is 6.42 Å². The van der Waals surface area contributed by atoms with Crippen LogP contribution in [0, 0.1) is 0 Å². The number of nitrogens with one attached hydrogen (secondary N) is 2. The second-order valence-corrected chi connectivity index (χ2v) is 6.75. The molecule has 0 fully saturated rings. The SMILES string of the molecule is CC(=NNc1nc2ccccc2s1)c1ccc2c(c1)CCC(=O)N2. The van der Waals surface area contributed by atoms with Crippen LogP contribution >= 0.6 is 11.3 Å². The zero-order valence-electron chi connectivity index (χ0n) is 13.2. The third-order valence-electron chi connectivity index (χ3n) is 4.03. The Hall–Kier alpha value is -2.73. The zero-order chi connectivity index (χ0) is 16.5. The van der Waals surface area contributed by atoms with Gasteiger partial charge in [-0.05, 0) is 48.7 Å². The molecule has 0 radical (unpaired) electrons. The summed E-state index contributed by atoms with van der Waals surface area (Å²) in [5.74, 6) is 0.0816. The van der Waals surface area contributed by atoms with Crippen LogP contribution in [0.5, 0.6) is 0 Å². The number of rotatable bonds is 3. The second-order valence-electron chi connectivity index (χ2n) is 5.72. The number of benzene rings is 2. The van der Waals surface area contributed by atoms with Crippen LogP contribution in [-0.2, 0) is 11.2 Å². The van der Waals surface area contributed by atoms with E-state index in [9.17, 15) is 4.79 Å². The van der Waals surface area contributed by atoms with E-state index in [-0.39, 0.29) is 5.91 Å². The fourth-order valence-electron chi connectivity index (χ4n) is 2.72. The third-order valence-corrected chi connectivity index (χ3v) is 4.97. The Balaban J connectivity index is 1.55.